The highest BCUT2D eigenvalue weighted by Crippen LogP contribution is 2.14. The molecular weight excluding hydrogens is 241 g/mol. The van der Waals surface area contributed by atoms with Gasteiger partial charge in [-0.25, -0.2) is 17.5 Å². The Morgan fingerprint density at radius 1 is 1.29 bits per heavy atom. The van der Waals surface area contributed by atoms with Crippen molar-refractivity contribution in [3.05, 3.63) is 29.6 Å². The Labute approximate surface area is 102 Å². The highest BCUT2D eigenvalue weighted by Gasteiger charge is 2.14. The molecule has 0 radical (unpaired) electrons. The van der Waals surface area contributed by atoms with Crippen LogP contribution in [0.3, 0.4) is 0 Å². The van der Waals surface area contributed by atoms with Crippen molar-refractivity contribution >= 4 is 10.0 Å². The fraction of sp³-hybridized carbons (Fsp3) is 0.500. The van der Waals surface area contributed by atoms with Crippen LogP contribution in [-0.4, -0.2) is 15.0 Å². The summed E-state index contributed by atoms with van der Waals surface area (Å²) in [5.41, 5.74) is 0.335. The molecule has 0 amide bonds. The summed E-state index contributed by atoms with van der Waals surface area (Å²) in [4.78, 5) is 0.118. The van der Waals surface area contributed by atoms with Gasteiger partial charge in [0.15, 0.2) is 0 Å². The molecule has 0 aliphatic carbocycles. The van der Waals surface area contributed by atoms with E-state index >= 15 is 0 Å². The quantitative estimate of drug-likeness (QED) is 0.798. The maximum atomic E-state index is 13.0. The fourth-order valence-electron chi connectivity index (χ4n) is 1.45. The molecular formula is C12H18FNO2S. The first-order valence-corrected chi connectivity index (χ1v) is 7.21. The van der Waals surface area contributed by atoms with Crippen LogP contribution in [0.5, 0.6) is 0 Å². The molecule has 0 spiro atoms. The Morgan fingerprint density at radius 2 is 2.00 bits per heavy atom. The maximum Gasteiger partial charge on any atom is 0.240 e. The van der Waals surface area contributed by atoms with Crippen molar-refractivity contribution in [1.29, 1.82) is 0 Å². The second-order valence-corrected chi connectivity index (χ2v) is 5.78. The van der Waals surface area contributed by atoms with Gasteiger partial charge in [0.05, 0.1) is 4.90 Å². The number of hydrogen-bond acceptors (Lipinski definition) is 2. The van der Waals surface area contributed by atoms with Crippen LogP contribution in [0.1, 0.15) is 31.7 Å². The van der Waals surface area contributed by atoms with Gasteiger partial charge in [0.1, 0.15) is 5.82 Å². The molecule has 0 atom stereocenters. The van der Waals surface area contributed by atoms with Crippen LogP contribution in [0.4, 0.5) is 4.39 Å². The van der Waals surface area contributed by atoms with Crippen molar-refractivity contribution in [2.24, 2.45) is 0 Å². The summed E-state index contributed by atoms with van der Waals surface area (Å²) in [6.07, 6.45) is 2.85. The molecule has 17 heavy (non-hydrogen) atoms. The van der Waals surface area contributed by atoms with E-state index in [1.807, 2.05) is 0 Å². The number of rotatable bonds is 6. The lowest BCUT2D eigenvalue weighted by molar-refractivity contribution is 0.574. The molecule has 0 aliphatic heterocycles. The molecule has 0 bridgehead atoms. The topological polar surface area (TPSA) is 46.2 Å². The van der Waals surface area contributed by atoms with Gasteiger partial charge >= 0.3 is 0 Å². The van der Waals surface area contributed by atoms with Crippen molar-refractivity contribution in [2.75, 3.05) is 6.54 Å². The van der Waals surface area contributed by atoms with Gasteiger partial charge in [-0.1, -0.05) is 19.8 Å². The average Bonchev–Trinajstić information content (AvgIpc) is 2.28. The van der Waals surface area contributed by atoms with E-state index in [9.17, 15) is 12.8 Å². The zero-order chi connectivity index (χ0) is 12.9. The second kappa shape index (κ2) is 6.12. The van der Waals surface area contributed by atoms with Crippen LogP contribution in [0.25, 0.3) is 0 Å². The highest BCUT2D eigenvalue weighted by atomic mass is 32.2. The minimum Gasteiger partial charge on any atom is -0.211 e. The number of aryl methyl sites for hydroxylation is 1. The van der Waals surface area contributed by atoms with E-state index in [1.165, 1.54) is 18.2 Å². The third-order valence-corrected chi connectivity index (χ3v) is 3.97. The number of halogens is 1. The standard InChI is InChI=1S/C12H18FNO2S/c1-3-4-5-8-14-17(15,16)11-6-7-12(13)10(2)9-11/h6-7,9,14H,3-5,8H2,1-2H3. The predicted molar refractivity (Wildman–Crippen MR) is 65.9 cm³/mol. The van der Waals surface area contributed by atoms with E-state index in [0.717, 1.165) is 19.3 Å². The monoisotopic (exact) mass is 259 g/mol. The van der Waals surface area contributed by atoms with Crippen LogP contribution in [-0.2, 0) is 10.0 Å². The van der Waals surface area contributed by atoms with E-state index in [-0.39, 0.29) is 4.90 Å². The first-order valence-electron chi connectivity index (χ1n) is 5.73. The zero-order valence-electron chi connectivity index (χ0n) is 10.2. The smallest absolute Gasteiger partial charge is 0.211 e. The van der Waals surface area contributed by atoms with E-state index in [0.29, 0.717) is 12.1 Å². The fourth-order valence-corrected chi connectivity index (χ4v) is 2.61. The Balaban J connectivity index is 2.72. The molecule has 0 unspecified atom stereocenters. The molecule has 0 fully saturated rings. The number of sulfonamides is 1. The first-order chi connectivity index (χ1) is 7.97. The van der Waals surface area contributed by atoms with E-state index in [4.69, 9.17) is 0 Å². The van der Waals surface area contributed by atoms with Crippen LogP contribution < -0.4 is 4.72 Å². The summed E-state index contributed by atoms with van der Waals surface area (Å²) in [6, 6.07) is 3.80. The third kappa shape index (κ3) is 4.09. The minimum absolute atomic E-state index is 0.118. The van der Waals surface area contributed by atoms with Gasteiger partial charge in [0, 0.05) is 6.54 Å². The van der Waals surface area contributed by atoms with Crippen molar-refractivity contribution in [2.45, 2.75) is 38.0 Å². The van der Waals surface area contributed by atoms with Gasteiger partial charge in [-0.05, 0) is 37.1 Å². The summed E-state index contributed by atoms with van der Waals surface area (Å²) in [5.74, 6) is -0.394. The SMILES string of the molecule is CCCCCNS(=O)(=O)c1ccc(F)c(C)c1. The van der Waals surface area contributed by atoms with Gasteiger partial charge in [0.2, 0.25) is 10.0 Å². The second-order valence-electron chi connectivity index (χ2n) is 4.02. The molecule has 0 aliphatic rings. The number of nitrogens with one attached hydrogen (secondary N) is 1. The lowest BCUT2D eigenvalue weighted by Crippen LogP contribution is -2.24. The molecule has 0 saturated carbocycles. The van der Waals surface area contributed by atoms with E-state index < -0.39 is 15.8 Å². The van der Waals surface area contributed by atoms with E-state index in [1.54, 1.807) is 6.92 Å². The minimum atomic E-state index is -3.50. The molecule has 0 saturated heterocycles. The molecule has 0 heterocycles. The Bertz CT molecular complexity index is 471. The van der Waals surface area contributed by atoms with Gasteiger partial charge in [-0.15, -0.1) is 0 Å². The number of benzene rings is 1. The van der Waals surface area contributed by atoms with Crippen molar-refractivity contribution in [3.8, 4) is 0 Å². The van der Waals surface area contributed by atoms with Crippen molar-refractivity contribution in [1.82, 2.24) is 4.72 Å². The maximum absolute atomic E-state index is 13.0. The first kappa shape index (κ1) is 14.1. The van der Waals surface area contributed by atoms with E-state index in [2.05, 4.69) is 11.6 Å². The molecule has 1 aromatic carbocycles. The van der Waals surface area contributed by atoms with Crippen molar-refractivity contribution < 1.29 is 12.8 Å². The molecule has 1 aromatic rings. The van der Waals surface area contributed by atoms with Crippen LogP contribution in [0, 0.1) is 12.7 Å². The van der Waals surface area contributed by atoms with Crippen LogP contribution in [0.15, 0.2) is 23.1 Å². The Morgan fingerprint density at radius 3 is 2.59 bits per heavy atom. The lowest BCUT2D eigenvalue weighted by Gasteiger charge is -2.07. The van der Waals surface area contributed by atoms with Gasteiger partial charge in [0.25, 0.3) is 0 Å². The lowest BCUT2D eigenvalue weighted by atomic mass is 10.2. The predicted octanol–water partition coefficient (Wildman–Crippen LogP) is 2.60. The Kier molecular flexibility index (Phi) is 5.08. The number of unbranched alkanes of at least 4 members (excludes halogenated alkanes) is 2. The summed E-state index contributed by atoms with van der Waals surface area (Å²) < 4.78 is 39.2. The molecule has 1 N–H and O–H groups in total. The highest BCUT2D eigenvalue weighted by molar-refractivity contribution is 7.89. The van der Waals surface area contributed by atoms with Gasteiger partial charge < -0.3 is 0 Å². The molecule has 3 nitrogen and oxygen atoms in total. The Hall–Kier alpha value is -0.940. The van der Waals surface area contributed by atoms with Crippen LogP contribution in [0.2, 0.25) is 0 Å². The average molecular weight is 259 g/mol. The molecule has 5 heteroatoms. The molecule has 1 rings (SSSR count). The molecule has 0 aromatic heterocycles. The zero-order valence-corrected chi connectivity index (χ0v) is 11.0. The number of hydrogen-bond donors (Lipinski definition) is 1. The van der Waals surface area contributed by atoms with Gasteiger partial charge in [-0.3, -0.25) is 0 Å². The largest absolute Gasteiger partial charge is 0.240 e. The summed E-state index contributed by atoms with van der Waals surface area (Å²) in [5, 5.41) is 0. The summed E-state index contributed by atoms with van der Waals surface area (Å²) in [7, 11) is -3.50. The van der Waals surface area contributed by atoms with Crippen molar-refractivity contribution in [3.63, 3.8) is 0 Å². The summed E-state index contributed by atoms with van der Waals surface area (Å²) >= 11 is 0. The molecule has 96 valence electrons. The van der Waals surface area contributed by atoms with Gasteiger partial charge in [-0.2, -0.15) is 0 Å². The normalized spacial score (nSPS) is 11.7. The van der Waals surface area contributed by atoms with Crippen LogP contribution >= 0.6 is 0 Å². The third-order valence-electron chi connectivity index (χ3n) is 2.51. The summed E-state index contributed by atoms with van der Waals surface area (Å²) in [6.45, 7) is 4.02.